The third-order valence-corrected chi connectivity index (χ3v) is 4.25. The number of urea groups is 1. The number of carboxylic acids is 1. The van der Waals surface area contributed by atoms with Crippen LogP contribution in [0.15, 0.2) is 5.51 Å². The van der Waals surface area contributed by atoms with Crippen LogP contribution >= 0.6 is 11.3 Å². The smallest absolute Gasteiger partial charge is 0.326 e. The molecule has 1 rings (SSSR count). The van der Waals surface area contributed by atoms with Gasteiger partial charge in [0.15, 0.2) is 0 Å². The molecule has 2 atom stereocenters. The van der Waals surface area contributed by atoms with Gasteiger partial charge in [-0.05, 0) is 12.8 Å². The van der Waals surface area contributed by atoms with Crippen molar-refractivity contribution in [1.82, 2.24) is 15.2 Å². The molecule has 20 heavy (non-hydrogen) atoms. The Labute approximate surface area is 122 Å². The van der Waals surface area contributed by atoms with Crippen molar-refractivity contribution in [3.05, 3.63) is 16.1 Å². The van der Waals surface area contributed by atoms with Crippen LogP contribution in [0.1, 0.15) is 30.8 Å². The number of thiazole rings is 1. The minimum atomic E-state index is -1.00. The Balaban J connectivity index is 2.64. The second kappa shape index (κ2) is 7.23. The molecule has 6 nitrogen and oxygen atoms in total. The first-order valence-electron chi connectivity index (χ1n) is 6.50. The van der Waals surface area contributed by atoms with Gasteiger partial charge < -0.3 is 15.3 Å². The fraction of sp³-hybridized carbons (Fsp3) is 0.615. The van der Waals surface area contributed by atoms with Gasteiger partial charge in [-0.25, -0.2) is 14.6 Å². The number of amides is 2. The van der Waals surface area contributed by atoms with E-state index in [9.17, 15) is 9.59 Å². The highest BCUT2D eigenvalue weighted by molar-refractivity contribution is 7.09. The van der Waals surface area contributed by atoms with E-state index in [1.807, 2.05) is 20.8 Å². The van der Waals surface area contributed by atoms with Gasteiger partial charge in [0.2, 0.25) is 0 Å². The van der Waals surface area contributed by atoms with Gasteiger partial charge in [-0.3, -0.25) is 0 Å². The largest absolute Gasteiger partial charge is 0.480 e. The van der Waals surface area contributed by atoms with Crippen molar-refractivity contribution < 1.29 is 14.7 Å². The second-order valence-electron chi connectivity index (χ2n) is 4.87. The van der Waals surface area contributed by atoms with Crippen LogP contribution in [-0.4, -0.2) is 40.1 Å². The average Bonchev–Trinajstić information content (AvgIpc) is 2.79. The Morgan fingerprint density at radius 1 is 1.55 bits per heavy atom. The van der Waals surface area contributed by atoms with E-state index in [2.05, 4.69) is 10.3 Å². The maximum Gasteiger partial charge on any atom is 0.326 e. The van der Waals surface area contributed by atoms with E-state index in [4.69, 9.17) is 5.11 Å². The quantitative estimate of drug-likeness (QED) is 0.842. The van der Waals surface area contributed by atoms with Gasteiger partial charge >= 0.3 is 12.0 Å². The predicted octanol–water partition coefficient (Wildman–Crippen LogP) is 2.09. The lowest BCUT2D eigenvalue weighted by molar-refractivity contribution is -0.140. The van der Waals surface area contributed by atoms with Crippen LogP contribution in [0.4, 0.5) is 4.79 Å². The Kier molecular flexibility index (Phi) is 5.94. The number of hydrogen-bond acceptors (Lipinski definition) is 4. The average molecular weight is 299 g/mol. The van der Waals surface area contributed by atoms with Crippen molar-refractivity contribution in [3.8, 4) is 0 Å². The molecule has 0 bridgehead atoms. The number of aromatic nitrogens is 1. The van der Waals surface area contributed by atoms with E-state index in [1.165, 1.54) is 16.2 Å². The highest BCUT2D eigenvalue weighted by Crippen LogP contribution is 2.14. The van der Waals surface area contributed by atoms with Gasteiger partial charge in [0, 0.05) is 11.9 Å². The molecule has 0 unspecified atom stereocenters. The molecule has 1 aromatic heterocycles. The first-order chi connectivity index (χ1) is 9.36. The van der Waals surface area contributed by atoms with Gasteiger partial charge in [0.25, 0.3) is 0 Å². The maximum absolute atomic E-state index is 12.1. The zero-order valence-electron chi connectivity index (χ0n) is 12.2. The van der Waals surface area contributed by atoms with E-state index in [0.29, 0.717) is 13.0 Å². The molecule has 0 aromatic carbocycles. The molecule has 0 aliphatic rings. The summed E-state index contributed by atoms with van der Waals surface area (Å²) in [6.45, 7) is 6.02. The summed E-state index contributed by atoms with van der Waals surface area (Å²) < 4.78 is 0. The second-order valence-corrected chi connectivity index (χ2v) is 5.81. The summed E-state index contributed by atoms with van der Waals surface area (Å²) in [6.07, 6.45) is 0.689. The number of aryl methyl sites for hydroxylation is 1. The van der Waals surface area contributed by atoms with Crippen LogP contribution < -0.4 is 5.32 Å². The third kappa shape index (κ3) is 4.19. The summed E-state index contributed by atoms with van der Waals surface area (Å²) in [6, 6.07) is -1.25. The number of nitrogens with one attached hydrogen (secondary N) is 1. The van der Waals surface area contributed by atoms with E-state index in [0.717, 1.165) is 10.6 Å². The van der Waals surface area contributed by atoms with Crippen molar-refractivity contribution in [2.45, 2.75) is 39.8 Å². The number of carbonyl (C=O) groups excluding carboxylic acids is 1. The van der Waals surface area contributed by atoms with Crippen LogP contribution in [0, 0.1) is 12.8 Å². The molecule has 0 aliphatic carbocycles. The topological polar surface area (TPSA) is 82.5 Å². The molecular weight excluding hydrogens is 278 g/mol. The van der Waals surface area contributed by atoms with E-state index < -0.39 is 12.0 Å². The lowest BCUT2D eigenvalue weighted by atomic mass is 9.99. The molecule has 1 heterocycles. The Hall–Kier alpha value is -1.63. The Morgan fingerprint density at radius 3 is 2.65 bits per heavy atom. The van der Waals surface area contributed by atoms with Crippen molar-refractivity contribution in [2.24, 2.45) is 5.92 Å². The molecule has 1 aromatic rings. The molecule has 2 amide bonds. The Bertz CT molecular complexity index is 475. The molecule has 0 spiro atoms. The number of carbonyl (C=O) groups is 2. The van der Waals surface area contributed by atoms with Crippen molar-refractivity contribution in [3.63, 3.8) is 0 Å². The van der Waals surface area contributed by atoms with Gasteiger partial charge in [0.05, 0.1) is 17.7 Å². The summed E-state index contributed by atoms with van der Waals surface area (Å²) in [5.74, 6) is -1.12. The van der Waals surface area contributed by atoms with Crippen molar-refractivity contribution in [1.29, 1.82) is 0 Å². The first-order valence-corrected chi connectivity index (χ1v) is 7.38. The van der Waals surface area contributed by atoms with Crippen LogP contribution in [-0.2, 0) is 11.3 Å². The van der Waals surface area contributed by atoms with Crippen LogP contribution in [0.25, 0.3) is 0 Å². The van der Waals surface area contributed by atoms with E-state index in [-0.39, 0.29) is 11.9 Å². The van der Waals surface area contributed by atoms with E-state index >= 15 is 0 Å². The van der Waals surface area contributed by atoms with E-state index in [1.54, 1.807) is 12.6 Å². The Morgan fingerprint density at radius 2 is 2.20 bits per heavy atom. The summed E-state index contributed by atoms with van der Waals surface area (Å²) in [5.41, 5.74) is 2.63. The fourth-order valence-electron chi connectivity index (χ4n) is 1.69. The highest BCUT2D eigenvalue weighted by Gasteiger charge is 2.26. The maximum atomic E-state index is 12.1. The monoisotopic (exact) mass is 299 g/mol. The molecule has 112 valence electrons. The van der Waals surface area contributed by atoms with Crippen LogP contribution in [0.3, 0.4) is 0 Å². The number of aliphatic carboxylic acids is 1. The predicted molar refractivity (Wildman–Crippen MR) is 77.7 cm³/mol. The fourth-order valence-corrected chi connectivity index (χ4v) is 2.52. The number of carboxylic acid groups (broad SMARTS) is 1. The molecule has 2 N–H and O–H groups in total. The molecule has 0 saturated heterocycles. The lowest BCUT2D eigenvalue weighted by Gasteiger charge is -2.24. The summed E-state index contributed by atoms with van der Waals surface area (Å²) in [5, 5.41) is 11.7. The summed E-state index contributed by atoms with van der Waals surface area (Å²) in [7, 11) is 1.64. The normalized spacial score (nSPS) is 13.6. The zero-order chi connectivity index (χ0) is 15.3. The van der Waals surface area contributed by atoms with Crippen molar-refractivity contribution in [2.75, 3.05) is 7.05 Å². The summed E-state index contributed by atoms with van der Waals surface area (Å²) in [4.78, 5) is 29.8. The van der Waals surface area contributed by atoms with Gasteiger partial charge in [-0.2, -0.15) is 0 Å². The number of rotatable bonds is 6. The molecule has 7 heteroatoms. The minimum Gasteiger partial charge on any atom is -0.480 e. The molecule has 0 aliphatic heterocycles. The first kappa shape index (κ1) is 16.4. The number of hydrogen-bond donors (Lipinski definition) is 2. The SMILES string of the molecule is CC[C@H](C)[C@H](NC(=O)N(C)Cc1scnc1C)C(=O)O. The van der Waals surface area contributed by atoms with Crippen molar-refractivity contribution >= 4 is 23.3 Å². The van der Waals surface area contributed by atoms with Crippen LogP contribution in [0.2, 0.25) is 0 Å². The molecular formula is C13H21N3O3S. The standard InChI is InChI=1S/C13H21N3O3S/c1-5-8(2)11(12(17)18)15-13(19)16(4)6-10-9(3)14-7-20-10/h7-8,11H,5-6H2,1-4H3,(H,15,19)(H,17,18)/t8-,11-/m0/s1. The minimum absolute atomic E-state index is 0.116. The third-order valence-electron chi connectivity index (χ3n) is 3.33. The van der Waals surface area contributed by atoms with Gasteiger partial charge in [0.1, 0.15) is 6.04 Å². The van der Waals surface area contributed by atoms with Gasteiger partial charge in [-0.15, -0.1) is 11.3 Å². The molecule has 0 radical (unpaired) electrons. The van der Waals surface area contributed by atoms with Crippen LogP contribution in [0.5, 0.6) is 0 Å². The molecule has 0 fully saturated rings. The zero-order valence-corrected chi connectivity index (χ0v) is 13.0. The summed E-state index contributed by atoms with van der Waals surface area (Å²) >= 11 is 1.48. The lowest BCUT2D eigenvalue weighted by Crippen LogP contribution is -2.49. The molecule has 0 saturated carbocycles. The number of nitrogens with zero attached hydrogens (tertiary/aromatic N) is 2. The van der Waals surface area contributed by atoms with Gasteiger partial charge in [-0.1, -0.05) is 20.3 Å². The highest BCUT2D eigenvalue weighted by atomic mass is 32.1.